The van der Waals surface area contributed by atoms with Crippen molar-refractivity contribution >= 4 is 11.9 Å². The number of anilines is 1. The molecule has 1 spiro atoms. The first-order chi connectivity index (χ1) is 11.8. The van der Waals surface area contributed by atoms with Crippen molar-refractivity contribution < 1.29 is 9.53 Å². The van der Waals surface area contributed by atoms with Crippen LogP contribution in [0.25, 0.3) is 0 Å². The minimum atomic E-state index is -0.388. The van der Waals surface area contributed by atoms with E-state index < -0.39 is 0 Å². The normalized spacial score (nSPS) is 26.8. The number of nitrogens with zero attached hydrogens (tertiary/aromatic N) is 4. The Kier molecular flexibility index (Phi) is 4.39. The Morgan fingerprint density at radius 2 is 1.92 bits per heavy atom. The maximum atomic E-state index is 12.9. The number of ether oxygens (including phenoxy) is 1. The van der Waals surface area contributed by atoms with E-state index in [2.05, 4.69) is 14.9 Å². The molecule has 0 radical (unpaired) electrons. The summed E-state index contributed by atoms with van der Waals surface area (Å²) >= 11 is 0. The van der Waals surface area contributed by atoms with Gasteiger partial charge in [-0.15, -0.1) is 0 Å². The fourth-order valence-electron chi connectivity index (χ4n) is 4.47. The van der Waals surface area contributed by atoms with Crippen LogP contribution in [0.1, 0.15) is 38.5 Å². The lowest BCUT2D eigenvalue weighted by Crippen LogP contribution is -2.51. The molecular weight excluding hydrogens is 304 g/mol. The van der Waals surface area contributed by atoms with Crippen molar-refractivity contribution in [2.45, 2.75) is 44.6 Å². The first-order valence-corrected chi connectivity index (χ1v) is 9.18. The van der Waals surface area contributed by atoms with E-state index in [9.17, 15) is 4.79 Å². The van der Waals surface area contributed by atoms with Gasteiger partial charge in [0, 0.05) is 32.0 Å². The van der Waals surface area contributed by atoms with Gasteiger partial charge >= 0.3 is 0 Å². The van der Waals surface area contributed by atoms with Crippen LogP contribution in [0.3, 0.4) is 0 Å². The first kappa shape index (κ1) is 15.8. The molecule has 2 saturated heterocycles. The van der Waals surface area contributed by atoms with Crippen LogP contribution >= 0.6 is 0 Å². The highest BCUT2D eigenvalue weighted by atomic mass is 16.5. The molecule has 6 nitrogen and oxygen atoms in total. The Balaban J connectivity index is 1.39. The number of rotatable bonds is 2. The molecule has 3 heterocycles. The van der Waals surface area contributed by atoms with Crippen LogP contribution in [-0.4, -0.2) is 59.7 Å². The zero-order valence-electron chi connectivity index (χ0n) is 14.2. The van der Waals surface area contributed by atoms with Crippen molar-refractivity contribution in [3.8, 4) is 0 Å². The Labute approximate surface area is 143 Å². The number of hydrogen-bond acceptors (Lipinski definition) is 5. The van der Waals surface area contributed by atoms with Crippen molar-refractivity contribution in [1.29, 1.82) is 0 Å². The minimum Gasteiger partial charge on any atom is -0.365 e. The van der Waals surface area contributed by atoms with Gasteiger partial charge in [-0.05, 0) is 30.7 Å². The van der Waals surface area contributed by atoms with Gasteiger partial charge in [0.1, 0.15) is 0 Å². The summed E-state index contributed by atoms with van der Waals surface area (Å²) in [5, 5.41) is 0. The number of likely N-dealkylation sites (tertiary alicyclic amines) is 1. The van der Waals surface area contributed by atoms with E-state index >= 15 is 0 Å². The highest BCUT2D eigenvalue weighted by Gasteiger charge is 2.42. The third kappa shape index (κ3) is 3.11. The summed E-state index contributed by atoms with van der Waals surface area (Å²) in [4.78, 5) is 25.6. The van der Waals surface area contributed by atoms with Crippen LogP contribution in [0.15, 0.2) is 18.5 Å². The van der Waals surface area contributed by atoms with E-state index in [-0.39, 0.29) is 12.0 Å². The molecule has 1 amide bonds. The predicted octanol–water partition coefficient (Wildman–Crippen LogP) is 1.86. The monoisotopic (exact) mass is 330 g/mol. The van der Waals surface area contributed by atoms with Crippen LogP contribution in [-0.2, 0) is 9.53 Å². The molecule has 1 aromatic heterocycles. The molecule has 4 rings (SSSR count). The summed E-state index contributed by atoms with van der Waals surface area (Å²) in [5.41, 5.74) is 0.394. The van der Waals surface area contributed by atoms with Gasteiger partial charge in [0.15, 0.2) is 6.10 Å². The van der Waals surface area contributed by atoms with E-state index in [1.54, 1.807) is 18.5 Å². The van der Waals surface area contributed by atoms with Crippen LogP contribution in [0.5, 0.6) is 0 Å². The fourth-order valence-corrected chi connectivity index (χ4v) is 4.47. The fraction of sp³-hybridized carbons (Fsp3) is 0.722. The Morgan fingerprint density at radius 3 is 2.71 bits per heavy atom. The average molecular weight is 330 g/mol. The van der Waals surface area contributed by atoms with E-state index in [1.807, 2.05) is 4.90 Å². The van der Waals surface area contributed by atoms with Gasteiger partial charge in [0.05, 0.1) is 13.2 Å². The largest absolute Gasteiger partial charge is 0.365 e. The Bertz CT molecular complexity index is 574. The van der Waals surface area contributed by atoms with Gasteiger partial charge in [-0.1, -0.05) is 19.3 Å². The number of hydrogen-bond donors (Lipinski definition) is 0. The van der Waals surface area contributed by atoms with Gasteiger partial charge in [0.2, 0.25) is 5.95 Å². The molecule has 3 aliphatic rings. The quantitative estimate of drug-likeness (QED) is 0.828. The van der Waals surface area contributed by atoms with Crippen molar-refractivity contribution in [3.63, 3.8) is 0 Å². The number of aromatic nitrogens is 2. The lowest BCUT2D eigenvalue weighted by molar-refractivity contribution is -0.143. The lowest BCUT2D eigenvalue weighted by Gasteiger charge is -2.36. The van der Waals surface area contributed by atoms with Gasteiger partial charge < -0.3 is 14.5 Å². The summed E-state index contributed by atoms with van der Waals surface area (Å²) in [7, 11) is 0. The molecule has 0 aromatic carbocycles. The molecule has 0 bridgehead atoms. The molecule has 2 aliphatic heterocycles. The first-order valence-electron chi connectivity index (χ1n) is 9.18. The van der Waals surface area contributed by atoms with Gasteiger partial charge in [-0.3, -0.25) is 4.79 Å². The lowest BCUT2D eigenvalue weighted by atomic mass is 9.73. The SMILES string of the molecule is O=C([C@H]1CN(c2ncccn2)CCO1)N1CCC2(CCCCC2)C1. The van der Waals surface area contributed by atoms with Crippen molar-refractivity contribution in [3.05, 3.63) is 18.5 Å². The summed E-state index contributed by atoms with van der Waals surface area (Å²) in [5.74, 6) is 0.835. The van der Waals surface area contributed by atoms with Crippen molar-refractivity contribution in [1.82, 2.24) is 14.9 Å². The number of amides is 1. The third-order valence-corrected chi connectivity index (χ3v) is 5.84. The van der Waals surface area contributed by atoms with Crippen LogP contribution in [0, 0.1) is 5.41 Å². The van der Waals surface area contributed by atoms with Gasteiger partial charge in [-0.2, -0.15) is 0 Å². The second-order valence-electron chi connectivity index (χ2n) is 7.42. The van der Waals surface area contributed by atoms with Gasteiger partial charge in [0.25, 0.3) is 5.91 Å². The van der Waals surface area contributed by atoms with E-state index in [0.717, 1.165) is 26.1 Å². The zero-order chi connectivity index (χ0) is 16.4. The Hall–Kier alpha value is -1.69. The van der Waals surface area contributed by atoms with Crippen LogP contribution in [0.2, 0.25) is 0 Å². The summed E-state index contributed by atoms with van der Waals surface area (Å²) in [6.07, 6.45) is 10.8. The van der Waals surface area contributed by atoms with Gasteiger partial charge in [-0.25, -0.2) is 9.97 Å². The molecule has 1 aromatic rings. The smallest absolute Gasteiger partial charge is 0.253 e. The van der Waals surface area contributed by atoms with E-state index in [1.165, 1.54) is 32.1 Å². The molecule has 3 fully saturated rings. The maximum absolute atomic E-state index is 12.9. The second kappa shape index (κ2) is 6.67. The highest BCUT2D eigenvalue weighted by molar-refractivity contribution is 5.82. The highest BCUT2D eigenvalue weighted by Crippen LogP contribution is 2.43. The van der Waals surface area contributed by atoms with Crippen molar-refractivity contribution in [2.75, 3.05) is 37.7 Å². The number of carbonyl (C=O) groups is 1. The Morgan fingerprint density at radius 1 is 1.12 bits per heavy atom. The molecule has 130 valence electrons. The predicted molar refractivity (Wildman–Crippen MR) is 90.7 cm³/mol. The number of morpholine rings is 1. The zero-order valence-corrected chi connectivity index (χ0v) is 14.2. The van der Waals surface area contributed by atoms with E-state index in [0.29, 0.717) is 24.5 Å². The molecule has 1 saturated carbocycles. The average Bonchev–Trinajstić information content (AvgIpc) is 3.06. The molecule has 1 atom stereocenters. The molecule has 1 aliphatic carbocycles. The standard InChI is InChI=1S/C18H26N4O2/c23-16(22-10-7-18(14-22)5-2-1-3-6-18)15-13-21(11-12-24-15)17-19-8-4-9-20-17/h4,8-9,15H,1-3,5-7,10-14H2/t15-/m1/s1. The molecule has 0 N–H and O–H groups in total. The van der Waals surface area contributed by atoms with Crippen molar-refractivity contribution in [2.24, 2.45) is 5.41 Å². The van der Waals surface area contributed by atoms with Crippen LogP contribution in [0.4, 0.5) is 5.95 Å². The van der Waals surface area contributed by atoms with E-state index in [4.69, 9.17) is 4.74 Å². The molecular formula is C18H26N4O2. The summed E-state index contributed by atoms with van der Waals surface area (Å²) < 4.78 is 5.79. The van der Waals surface area contributed by atoms with Crippen LogP contribution < -0.4 is 4.90 Å². The second-order valence-corrected chi connectivity index (χ2v) is 7.42. The number of carbonyl (C=O) groups excluding carboxylic acids is 1. The summed E-state index contributed by atoms with van der Waals surface area (Å²) in [6, 6.07) is 1.81. The molecule has 0 unspecified atom stereocenters. The maximum Gasteiger partial charge on any atom is 0.253 e. The minimum absolute atomic E-state index is 0.151. The molecule has 6 heteroatoms. The molecule has 24 heavy (non-hydrogen) atoms. The summed E-state index contributed by atoms with van der Waals surface area (Å²) in [6.45, 7) is 3.64. The topological polar surface area (TPSA) is 58.6 Å². The third-order valence-electron chi connectivity index (χ3n) is 5.84.